The number of aromatic hydroxyl groups is 1. The molecule has 0 unspecified atom stereocenters. The van der Waals surface area contributed by atoms with Crippen LogP contribution in [0.25, 0.3) is 0 Å². The molecule has 3 atom stereocenters. The van der Waals surface area contributed by atoms with E-state index in [9.17, 15) is 24.3 Å². The largest absolute Gasteiger partial charge is 0.508 e. The summed E-state index contributed by atoms with van der Waals surface area (Å²) in [5.41, 5.74) is -0.328. The molecular weight excluding hydrogens is 556 g/mol. The normalized spacial score (nSPS) is 19.2. The number of carbonyl (C=O) groups excluding carboxylic acids is 4. The fourth-order valence-electron chi connectivity index (χ4n) is 5.59. The van der Waals surface area contributed by atoms with Crippen molar-refractivity contribution < 1.29 is 29.0 Å². The first-order valence-corrected chi connectivity index (χ1v) is 15.5. The zero-order valence-corrected chi connectivity index (χ0v) is 25.9. The molecule has 0 radical (unpaired) electrons. The fraction of sp³-hybridized carbons (Fsp3) is 0.581. The first-order valence-electron chi connectivity index (χ1n) is 14.7. The highest BCUT2D eigenvalue weighted by Gasteiger charge is 2.41. The third-order valence-corrected chi connectivity index (χ3v) is 9.10. The molecule has 2 aromatic rings. The van der Waals surface area contributed by atoms with Crippen LogP contribution in [0.4, 0.5) is 4.79 Å². The summed E-state index contributed by atoms with van der Waals surface area (Å²) >= 11 is 1.26. The SMILES string of the molecule is C[C@@H](C(=O)N[C@H](C(=O)N1CCC[C@H]1c1ncc(C(=O)c2cccc(O)c2)s1)C1CCCCC1)N(C)C(=O)OC(C)(C)C. The van der Waals surface area contributed by atoms with Gasteiger partial charge in [-0.1, -0.05) is 31.4 Å². The van der Waals surface area contributed by atoms with Gasteiger partial charge >= 0.3 is 6.09 Å². The van der Waals surface area contributed by atoms with Crippen molar-refractivity contribution in [1.82, 2.24) is 20.1 Å². The number of ether oxygens (including phenoxy) is 1. The Morgan fingerprint density at radius 3 is 2.50 bits per heavy atom. The highest BCUT2D eigenvalue weighted by Crippen LogP contribution is 2.37. The lowest BCUT2D eigenvalue weighted by atomic mass is 9.83. The first kappa shape index (κ1) is 31.5. The van der Waals surface area contributed by atoms with E-state index in [4.69, 9.17) is 4.74 Å². The van der Waals surface area contributed by atoms with Gasteiger partial charge in [-0.2, -0.15) is 0 Å². The van der Waals surface area contributed by atoms with E-state index in [0.29, 0.717) is 28.4 Å². The first-order chi connectivity index (χ1) is 19.9. The van der Waals surface area contributed by atoms with Crippen molar-refractivity contribution >= 4 is 35.0 Å². The van der Waals surface area contributed by atoms with Crippen LogP contribution in [0.3, 0.4) is 0 Å². The molecule has 2 aliphatic rings. The van der Waals surface area contributed by atoms with E-state index in [-0.39, 0.29) is 29.4 Å². The molecule has 2 N–H and O–H groups in total. The minimum atomic E-state index is -0.835. The maximum absolute atomic E-state index is 14.2. The predicted molar refractivity (Wildman–Crippen MR) is 159 cm³/mol. The minimum absolute atomic E-state index is 0.00493. The molecule has 2 heterocycles. The van der Waals surface area contributed by atoms with E-state index in [0.717, 1.165) is 38.5 Å². The Bertz CT molecular complexity index is 1300. The van der Waals surface area contributed by atoms with Gasteiger partial charge in [-0.05, 0) is 71.4 Å². The Morgan fingerprint density at radius 2 is 1.83 bits per heavy atom. The number of amides is 3. The monoisotopic (exact) mass is 598 g/mol. The average molecular weight is 599 g/mol. The fourth-order valence-corrected chi connectivity index (χ4v) is 6.62. The molecule has 11 heteroatoms. The smallest absolute Gasteiger partial charge is 0.410 e. The van der Waals surface area contributed by atoms with Crippen LogP contribution < -0.4 is 5.32 Å². The molecule has 2 fully saturated rings. The number of phenolic OH excluding ortho intramolecular Hbond substituents is 1. The average Bonchev–Trinajstić information content (AvgIpc) is 3.64. The van der Waals surface area contributed by atoms with Crippen molar-refractivity contribution in [2.45, 2.75) is 96.4 Å². The highest BCUT2D eigenvalue weighted by atomic mass is 32.1. The van der Waals surface area contributed by atoms with Gasteiger partial charge in [0.1, 0.15) is 28.4 Å². The van der Waals surface area contributed by atoms with Gasteiger partial charge in [-0.3, -0.25) is 19.3 Å². The maximum atomic E-state index is 14.2. The van der Waals surface area contributed by atoms with E-state index in [1.54, 1.807) is 44.7 Å². The Labute approximate surface area is 251 Å². The van der Waals surface area contributed by atoms with Gasteiger partial charge in [-0.15, -0.1) is 11.3 Å². The van der Waals surface area contributed by atoms with Crippen molar-refractivity contribution in [3.8, 4) is 5.75 Å². The van der Waals surface area contributed by atoms with Gasteiger partial charge in [0.2, 0.25) is 17.6 Å². The van der Waals surface area contributed by atoms with Gasteiger partial charge in [0.05, 0.1) is 10.9 Å². The Kier molecular flexibility index (Phi) is 9.91. The zero-order chi connectivity index (χ0) is 30.6. The summed E-state index contributed by atoms with van der Waals surface area (Å²) in [4.78, 5) is 61.2. The molecule has 1 aliphatic carbocycles. The van der Waals surface area contributed by atoms with Gasteiger partial charge in [0.15, 0.2) is 0 Å². The topological polar surface area (TPSA) is 129 Å². The molecule has 1 aliphatic heterocycles. The van der Waals surface area contributed by atoms with Crippen molar-refractivity contribution in [3.63, 3.8) is 0 Å². The lowest BCUT2D eigenvalue weighted by Gasteiger charge is -2.36. The van der Waals surface area contributed by atoms with Crippen molar-refractivity contribution in [1.29, 1.82) is 0 Å². The molecule has 1 saturated carbocycles. The lowest BCUT2D eigenvalue weighted by Crippen LogP contribution is -2.56. The van der Waals surface area contributed by atoms with Gasteiger partial charge in [0.25, 0.3) is 0 Å². The summed E-state index contributed by atoms with van der Waals surface area (Å²) < 4.78 is 5.43. The lowest BCUT2D eigenvalue weighted by molar-refractivity contribution is -0.140. The van der Waals surface area contributed by atoms with Crippen molar-refractivity contribution in [2.24, 2.45) is 5.92 Å². The Balaban J connectivity index is 1.51. The number of carbonyl (C=O) groups is 4. The van der Waals surface area contributed by atoms with Crippen LogP contribution in [0.15, 0.2) is 30.5 Å². The van der Waals surface area contributed by atoms with Crippen LogP contribution in [-0.2, 0) is 14.3 Å². The molecule has 1 saturated heterocycles. The van der Waals surface area contributed by atoms with Gasteiger partial charge in [0, 0.05) is 25.4 Å². The molecule has 228 valence electrons. The number of phenols is 1. The number of nitrogens with one attached hydrogen (secondary N) is 1. The summed E-state index contributed by atoms with van der Waals surface area (Å²) in [5.74, 6) is -0.784. The summed E-state index contributed by atoms with van der Waals surface area (Å²) in [5, 5.41) is 13.5. The van der Waals surface area contributed by atoms with E-state index in [2.05, 4.69) is 10.3 Å². The number of nitrogens with zero attached hydrogens (tertiary/aromatic N) is 3. The summed E-state index contributed by atoms with van der Waals surface area (Å²) in [6.45, 7) is 7.46. The van der Waals surface area contributed by atoms with Crippen molar-refractivity contribution in [3.05, 3.63) is 45.9 Å². The summed E-state index contributed by atoms with van der Waals surface area (Å²) in [6, 6.07) is 4.34. The van der Waals surface area contributed by atoms with Crippen LogP contribution in [0.2, 0.25) is 0 Å². The Morgan fingerprint density at radius 1 is 1.12 bits per heavy atom. The molecule has 42 heavy (non-hydrogen) atoms. The number of likely N-dealkylation sites (tertiary alicyclic amines) is 1. The standard InChI is InChI=1S/C31H42N4O6S/c1-19(34(5)30(40)41-31(2,3)4)27(38)33-25(20-11-7-6-8-12-20)29(39)35-16-10-15-23(35)28-32-18-24(42-28)26(37)21-13-9-14-22(36)17-21/h9,13-14,17-20,23,25,36H,6-8,10-12,15-16H2,1-5H3,(H,33,38)/t19-,23-,25-/m0/s1. The third kappa shape index (κ3) is 7.48. The Hall–Kier alpha value is -3.47. The molecule has 4 rings (SSSR count). The number of hydrogen-bond acceptors (Lipinski definition) is 8. The van der Waals surface area contributed by atoms with Gasteiger partial charge in [-0.25, -0.2) is 9.78 Å². The maximum Gasteiger partial charge on any atom is 0.410 e. The second kappa shape index (κ2) is 13.2. The van der Waals surface area contributed by atoms with E-state index in [1.165, 1.54) is 41.6 Å². The summed E-state index contributed by atoms with van der Waals surface area (Å²) in [6.07, 6.45) is 7.19. The molecule has 10 nitrogen and oxygen atoms in total. The van der Waals surface area contributed by atoms with E-state index < -0.39 is 29.7 Å². The molecule has 3 amide bonds. The van der Waals surface area contributed by atoms with Crippen molar-refractivity contribution in [2.75, 3.05) is 13.6 Å². The molecule has 1 aromatic carbocycles. The number of benzene rings is 1. The minimum Gasteiger partial charge on any atom is -0.508 e. The predicted octanol–water partition coefficient (Wildman–Crippen LogP) is 5.06. The summed E-state index contributed by atoms with van der Waals surface area (Å²) in [7, 11) is 1.52. The number of aromatic nitrogens is 1. The van der Waals surface area contributed by atoms with Gasteiger partial charge < -0.3 is 20.1 Å². The number of hydrogen-bond donors (Lipinski definition) is 2. The third-order valence-electron chi connectivity index (χ3n) is 8.00. The second-order valence-corrected chi connectivity index (χ2v) is 13.3. The second-order valence-electron chi connectivity index (χ2n) is 12.3. The number of likely N-dealkylation sites (N-methyl/N-ethyl adjacent to an activating group) is 1. The van der Waals surface area contributed by atoms with Crippen LogP contribution in [0, 0.1) is 5.92 Å². The van der Waals surface area contributed by atoms with Crippen LogP contribution in [0.1, 0.15) is 98.9 Å². The van der Waals surface area contributed by atoms with E-state index in [1.807, 2.05) is 0 Å². The molecule has 1 aromatic heterocycles. The molecule has 0 bridgehead atoms. The number of rotatable bonds is 8. The van der Waals surface area contributed by atoms with Crippen LogP contribution in [0.5, 0.6) is 5.75 Å². The van der Waals surface area contributed by atoms with Crippen LogP contribution in [-0.4, -0.2) is 74.9 Å². The highest BCUT2D eigenvalue weighted by molar-refractivity contribution is 7.13. The number of ketones is 1. The molecular formula is C31H42N4O6S. The quantitative estimate of drug-likeness (QED) is 0.406. The number of thiazole rings is 1. The molecule has 0 spiro atoms. The van der Waals surface area contributed by atoms with E-state index >= 15 is 0 Å². The van der Waals surface area contributed by atoms with Crippen LogP contribution >= 0.6 is 11.3 Å². The zero-order valence-electron chi connectivity index (χ0n) is 25.1.